The number of azo groups is 1. The SMILES string of the molecule is CNS(=O)(=O)Cc1ccc(N=Nc2c(=O)[nH]c3ccc4[nH]cccc4c23)cc1. The van der Waals surface area contributed by atoms with Gasteiger partial charge in [-0.25, -0.2) is 13.1 Å². The number of benzene rings is 2. The maximum absolute atomic E-state index is 12.4. The lowest BCUT2D eigenvalue weighted by molar-refractivity contribution is 0.587. The Morgan fingerprint density at radius 2 is 1.75 bits per heavy atom. The maximum atomic E-state index is 12.4. The average molecular weight is 395 g/mol. The van der Waals surface area contributed by atoms with Crippen molar-refractivity contribution in [1.82, 2.24) is 14.7 Å². The molecule has 0 aliphatic rings. The lowest BCUT2D eigenvalue weighted by Gasteiger charge is -2.02. The van der Waals surface area contributed by atoms with Gasteiger partial charge in [0.15, 0.2) is 5.69 Å². The molecule has 3 N–H and O–H groups in total. The van der Waals surface area contributed by atoms with Gasteiger partial charge in [-0.2, -0.15) is 5.11 Å². The van der Waals surface area contributed by atoms with Crippen molar-refractivity contribution in [2.75, 3.05) is 7.05 Å². The number of sulfonamides is 1. The van der Waals surface area contributed by atoms with Crippen molar-refractivity contribution in [1.29, 1.82) is 0 Å². The smallest absolute Gasteiger partial charge is 0.276 e. The zero-order valence-corrected chi connectivity index (χ0v) is 15.7. The van der Waals surface area contributed by atoms with Gasteiger partial charge in [0.25, 0.3) is 5.56 Å². The molecule has 0 saturated heterocycles. The van der Waals surface area contributed by atoms with E-state index in [0.717, 1.165) is 10.9 Å². The van der Waals surface area contributed by atoms with Gasteiger partial charge >= 0.3 is 0 Å². The van der Waals surface area contributed by atoms with Gasteiger partial charge in [0.2, 0.25) is 10.0 Å². The molecule has 28 heavy (non-hydrogen) atoms. The van der Waals surface area contributed by atoms with Crippen molar-refractivity contribution >= 4 is 43.2 Å². The van der Waals surface area contributed by atoms with Crippen molar-refractivity contribution in [3.8, 4) is 0 Å². The average Bonchev–Trinajstić information content (AvgIpc) is 3.03. The van der Waals surface area contributed by atoms with E-state index in [1.54, 1.807) is 24.3 Å². The molecule has 9 heteroatoms. The van der Waals surface area contributed by atoms with E-state index in [1.807, 2.05) is 30.5 Å². The van der Waals surface area contributed by atoms with E-state index in [-0.39, 0.29) is 17.0 Å². The van der Waals surface area contributed by atoms with Crippen LogP contribution in [0.3, 0.4) is 0 Å². The minimum atomic E-state index is -3.34. The topological polar surface area (TPSA) is 120 Å². The molecule has 2 heterocycles. The Morgan fingerprint density at radius 1 is 1.00 bits per heavy atom. The molecule has 4 aromatic rings. The van der Waals surface area contributed by atoms with Crippen LogP contribution < -0.4 is 10.3 Å². The van der Waals surface area contributed by atoms with Gasteiger partial charge in [0.1, 0.15) is 0 Å². The molecule has 0 fully saturated rings. The summed E-state index contributed by atoms with van der Waals surface area (Å²) in [5.74, 6) is -0.115. The van der Waals surface area contributed by atoms with Crippen molar-refractivity contribution < 1.29 is 8.42 Å². The summed E-state index contributed by atoms with van der Waals surface area (Å²) < 4.78 is 25.5. The molecule has 0 spiro atoms. The Morgan fingerprint density at radius 3 is 2.50 bits per heavy atom. The van der Waals surface area contributed by atoms with E-state index in [4.69, 9.17) is 0 Å². The first-order chi connectivity index (χ1) is 13.5. The van der Waals surface area contributed by atoms with Crippen LogP contribution in [0.25, 0.3) is 21.8 Å². The molecule has 0 aliphatic heterocycles. The van der Waals surface area contributed by atoms with Crippen LogP contribution in [-0.2, 0) is 15.8 Å². The monoisotopic (exact) mass is 395 g/mol. The van der Waals surface area contributed by atoms with Crippen LogP contribution in [0, 0.1) is 0 Å². The van der Waals surface area contributed by atoms with Crippen molar-refractivity contribution in [2.24, 2.45) is 10.2 Å². The molecule has 0 saturated carbocycles. The molecule has 2 aromatic heterocycles. The van der Waals surface area contributed by atoms with Crippen LogP contribution in [-0.4, -0.2) is 25.4 Å². The highest BCUT2D eigenvalue weighted by molar-refractivity contribution is 7.88. The van der Waals surface area contributed by atoms with Crippen LogP contribution in [0.15, 0.2) is 69.8 Å². The molecule has 0 aliphatic carbocycles. The fourth-order valence-corrected chi connectivity index (χ4v) is 3.78. The first-order valence-corrected chi connectivity index (χ1v) is 10.2. The Balaban J connectivity index is 1.70. The van der Waals surface area contributed by atoms with Crippen LogP contribution in [0.4, 0.5) is 11.4 Å². The quantitative estimate of drug-likeness (QED) is 0.449. The number of nitrogens with one attached hydrogen (secondary N) is 3. The number of H-pyrrole nitrogens is 2. The molecule has 0 unspecified atom stereocenters. The Labute approximate surface area is 160 Å². The van der Waals surface area contributed by atoms with Crippen molar-refractivity contribution in [2.45, 2.75) is 5.75 Å². The van der Waals surface area contributed by atoms with Gasteiger partial charge in [-0.05, 0) is 42.9 Å². The highest BCUT2D eigenvalue weighted by Gasteiger charge is 2.12. The summed E-state index contributed by atoms with van der Waals surface area (Å²) in [4.78, 5) is 18.3. The first-order valence-electron chi connectivity index (χ1n) is 8.51. The summed E-state index contributed by atoms with van der Waals surface area (Å²) >= 11 is 0. The molecule has 0 bridgehead atoms. The zero-order valence-electron chi connectivity index (χ0n) is 14.9. The second-order valence-corrected chi connectivity index (χ2v) is 8.18. The number of hydrogen-bond donors (Lipinski definition) is 3. The Kier molecular flexibility index (Phi) is 4.54. The predicted molar refractivity (Wildman–Crippen MR) is 109 cm³/mol. The van der Waals surface area contributed by atoms with Gasteiger partial charge in [-0.15, -0.1) is 5.11 Å². The third-order valence-electron chi connectivity index (χ3n) is 4.41. The summed E-state index contributed by atoms with van der Waals surface area (Å²) in [5, 5.41) is 9.91. The summed E-state index contributed by atoms with van der Waals surface area (Å²) in [6.07, 6.45) is 1.82. The van der Waals surface area contributed by atoms with Crippen LogP contribution >= 0.6 is 0 Å². The molecule has 0 amide bonds. The lowest BCUT2D eigenvalue weighted by atomic mass is 10.1. The standard InChI is InChI=1S/C19H17N5O3S/c1-20-28(26,27)11-12-4-6-13(7-5-12)23-24-18-17-14-3-2-10-21-15(14)8-9-16(17)22-19(18)25/h2-10,20-21H,11H2,1H3,(H,22,25). The van der Waals surface area contributed by atoms with Crippen LogP contribution in [0.1, 0.15) is 5.56 Å². The summed E-state index contributed by atoms with van der Waals surface area (Å²) in [7, 11) is -1.96. The molecule has 8 nitrogen and oxygen atoms in total. The largest absolute Gasteiger partial charge is 0.361 e. The highest BCUT2D eigenvalue weighted by atomic mass is 32.2. The van der Waals surface area contributed by atoms with E-state index in [9.17, 15) is 13.2 Å². The third-order valence-corrected chi connectivity index (χ3v) is 5.75. The van der Waals surface area contributed by atoms with Gasteiger partial charge in [0, 0.05) is 22.5 Å². The number of pyridine rings is 1. The van der Waals surface area contributed by atoms with E-state index >= 15 is 0 Å². The lowest BCUT2D eigenvalue weighted by Crippen LogP contribution is -2.20. The summed E-state index contributed by atoms with van der Waals surface area (Å²) in [5.41, 5.74) is 2.66. The second-order valence-electron chi connectivity index (χ2n) is 6.25. The molecule has 2 aromatic carbocycles. The van der Waals surface area contributed by atoms with Crippen LogP contribution in [0.2, 0.25) is 0 Å². The number of nitrogens with zero attached hydrogens (tertiary/aromatic N) is 2. The minimum Gasteiger partial charge on any atom is -0.361 e. The van der Waals surface area contributed by atoms with Crippen LogP contribution in [0.5, 0.6) is 0 Å². The molecular weight excluding hydrogens is 378 g/mol. The van der Waals surface area contributed by atoms with E-state index in [2.05, 4.69) is 24.9 Å². The maximum Gasteiger partial charge on any atom is 0.276 e. The molecule has 142 valence electrons. The Bertz CT molecular complexity index is 1350. The van der Waals surface area contributed by atoms with Gasteiger partial charge in [0.05, 0.1) is 17.0 Å². The van der Waals surface area contributed by atoms with Gasteiger partial charge < -0.3 is 9.97 Å². The van der Waals surface area contributed by atoms with E-state index in [0.29, 0.717) is 22.2 Å². The van der Waals surface area contributed by atoms with E-state index < -0.39 is 10.0 Å². The fraction of sp³-hybridized carbons (Fsp3) is 0.105. The first kappa shape index (κ1) is 18.1. The molecule has 0 atom stereocenters. The fourth-order valence-electron chi connectivity index (χ4n) is 3.01. The van der Waals surface area contributed by atoms with Gasteiger partial charge in [-0.1, -0.05) is 18.2 Å². The van der Waals surface area contributed by atoms with Crippen molar-refractivity contribution in [3.63, 3.8) is 0 Å². The summed E-state index contributed by atoms with van der Waals surface area (Å²) in [6, 6.07) is 14.2. The Hall–Kier alpha value is -3.30. The second kappa shape index (κ2) is 7.02. The van der Waals surface area contributed by atoms with E-state index in [1.165, 1.54) is 7.05 Å². The normalized spacial score (nSPS) is 12.3. The molecule has 0 radical (unpaired) electrons. The summed E-state index contributed by atoms with van der Waals surface area (Å²) in [6.45, 7) is 0. The predicted octanol–water partition coefficient (Wildman–Crippen LogP) is 3.47. The molecule has 4 rings (SSSR count). The van der Waals surface area contributed by atoms with Gasteiger partial charge in [-0.3, -0.25) is 4.79 Å². The minimum absolute atomic E-state index is 0.115. The number of fused-ring (bicyclic) bond motifs is 3. The number of rotatable bonds is 5. The number of aromatic amines is 2. The number of hydrogen-bond acceptors (Lipinski definition) is 5. The number of aromatic nitrogens is 2. The van der Waals surface area contributed by atoms with Crippen molar-refractivity contribution in [3.05, 3.63) is 70.6 Å². The highest BCUT2D eigenvalue weighted by Crippen LogP contribution is 2.30. The third kappa shape index (κ3) is 3.45. The zero-order chi connectivity index (χ0) is 19.7. The molecular formula is C19H17N5O3S.